The zero-order valence-electron chi connectivity index (χ0n) is 16.7. The standard InChI is InChI=1S/C21H29N3O2.2ClH/c1-16-5-3-11-24(16)12-4-14-25-18-8-6-17(7-9-18)21-22-19-15-23(2)13-10-20(19)26-21;;/h6-9,16H,3-5,10-15H2,1-2H3;2*1H/t16-;;/m1../s1. The van der Waals surface area contributed by atoms with Gasteiger partial charge in [0, 0.05) is 37.7 Å². The average Bonchev–Trinajstić information content (AvgIpc) is 3.25. The molecule has 0 N–H and O–H groups in total. The minimum Gasteiger partial charge on any atom is -0.494 e. The van der Waals surface area contributed by atoms with Crippen molar-refractivity contribution < 1.29 is 9.15 Å². The lowest BCUT2D eigenvalue weighted by atomic mass is 10.2. The monoisotopic (exact) mass is 427 g/mol. The van der Waals surface area contributed by atoms with Crippen molar-refractivity contribution in [2.75, 3.05) is 33.3 Å². The van der Waals surface area contributed by atoms with Gasteiger partial charge in [-0.15, -0.1) is 24.8 Å². The molecule has 0 saturated carbocycles. The Kier molecular flexibility index (Phi) is 8.62. The third kappa shape index (κ3) is 5.41. The van der Waals surface area contributed by atoms with Gasteiger partial charge < -0.3 is 14.1 Å². The number of halogens is 2. The van der Waals surface area contributed by atoms with Crippen LogP contribution in [0, 0.1) is 0 Å². The van der Waals surface area contributed by atoms with Crippen molar-refractivity contribution in [2.24, 2.45) is 0 Å². The lowest BCUT2D eigenvalue weighted by Crippen LogP contribution is -2.28. The second-order valence-electron chi connectivity index (χ2n) is 7.63. The smallest absolute Gasteiger partial charge is 0.226 e. The van der Waals surface area contributed by atoms with E-state index < -0.39 is 0 Å². The Bertz CT molecular complexity index is 736. The molecule has 5 nitrogen and oxygen atoms in total. The molecule has 0 aliphatic carbocycles. The Hall–Kier alpha value is -1.27. The van der Waals surface area contributed by atoms with Crippen LogP contribution in [0.4, 0.5) is 0 Å². The highest BCUT2D eigenvalue weighted by atomic mass is 35.5. The second-order valence-corrected chi connectivity index (χ2v) is 7.63. The first kappa shape index (κ1) is 23.0. The summed E-state index contributed by atoms with van der Waals surface area (Å²) >= 11 is 0. The van der Waals surface area contributed by atoms with E-state index in [1.165, 1.54) is 19.4 Å². The first-order valence-electron chi connectivity index (χ1n) is 9.83. The number of hydrogen-bond acceptors (Lipinski definition) is 5. The summed E-state index contributed by atoms with van der Waals surface area (Å²) < 4.78 is 11.9. The summed E-state index contributed by atoms with van der Waals surface area (Å²) in [6.45, 7) is 7.37. The van der Waals surface area contributed by atoms with Crippen LogP contribution in [0.25, 0.3) is 11.5 Å². The molecule has 7 heteroatoms. The molecule has 2 aliphatic heterocycles. The SMILES string of the molecule is C[C@@H]1CCCN1CCCOc1ccc(-c2nc3c(o2)CCN(C)C3)cc1.Cl.Cl. The van der Waals surface area contributed by atoms with E-state index >= 15 is 0 Å². The number of ether oxygens (including phenoxy) is 1. The molecule has 2 aromatic rings. The Balaban J connectivity index is 0.00000140. The quantitative estimate of drug-likeness (QED) is 0.637. The van der Waals surface area contributed by atoms with Crippen molar-refractivity contribution in [3.63, 3.8) is 0 Å². The largest absolute Gasteiger partial charge is 0.494 e. The van der Waals surface area contributed by atoms with E-state index in [0.29, 0.717) is 0 Å². The molecular formula is C21H31Cl2N3O2. The van der Waals surface area contributed by atoms with Crippen LogP contribution in [0.1, 0.15) is 37.6 Å². The molecule has 0 amide bonds. The summed E-state index contributed by atoms with van der Waals surface area (Å²) in [4.78, 5) is 9.51. The summed E-state index contributed by atoms with van der Waals surface area (Å²) in [5, 5.41) is 0. The van der Waals surface area contributed by atoms with Gasteiger partial charge >= 0.3 is 0 Å². The Morgan fingerprint density at radius 3 is 2.68 bits per heavy atom. The van der Waals surface area contributed by atoms with E-state index in [1.807, 2.05) is 24.3 Å². The Morgan fingerprint density at radius 2 is 1.96 bits per heavy atom. The molecular weight excluding hydrogens is 397 g/mol. The molecule has 1 aromatic carbocycles. The molecule has 4 rings (SSSR count). The summed E-state index contributed by atoms with van der Waals surface area (Å²) in [5.41, 5.74) is 2.09. The van der Waals surface area contributed by atoms with E-state index in [1.54, 1.807) is 0 Å². The number of hydrogen-bond donors (Lipinski definition) is 0. The number of oxazole rings is 1. The molecule has 0 spiro atoms. The molecule has 0 unspecified atom stereocenters. The lowest BCUT2D eigenvalue weighted by molar-refractivity contribution is 0.230. The Morgan fingerprint density at radius 1 is 1.18 bits per heavy atom. The van der Waals surface area contributed by atoms with E-state index in [9.17, 15) is 0 Å². The molecule has 0 radical (unpaired) electrons. The molecule has 28 heavy (non-hydrogen) atoms. The van der Waals surface area contributed by atoms with Crippen molar-refractivity contribution >= 4 is 24.8 Å². The van der Waals surface area contributed by atoms with Crippen LogP contribution in [0.15, 0.2) is 28.7 Å². The molecule has 156 valence electrons. The zero-order chi connectivity index (χ0) is 17.9. The van der Waals surface area contributed by atoms with Gasteiger partial charge in [0.05, 0.1) is 12.3 Å². The normalized spacial score (nSPS) is 19.6. The highest BCUT2D eigenvalue weighted by Gasteiger charge is 2.21. The zero-order valence-corrected chi connectivity index (χ0v) is 18.4. The van der Waals surface area contributed by atoms with Crippen molar-refractivity contribution in [3.05, 3.63) is 35.7 Å². The first-order valence-corrected chi connectivity index (χ1v) is 9.83. The van der Waals surface area contributed by atoms with Crippen LogP contribution < -0.4 is 4.74 Å². The molecule has 2 aliphatic rings. The molecule has 1 fully saturated rings. The van der Waals surface area contributed by atoms with Gasteiger partial charge in [-0.2, -0.15) is 0 Å². The fraction of sp³-hybridized carbons (Fsp3) is 0.571. The van der Waals surface area contributed by atoms with Crippen LogP contribution in [0.5, 0.6) is 5.75 Å². The summed E-state index contributed by atoms with van der Waals surface area (Å²) in [6.07, 6.45) is 4.69. The maximum atomic E-state index is 5.96. The van der Waals surface area contributed by atoms with Gasteiger partial charge in [0.25, 0.3) is 0 Å². The van der Waals surface area contributed by atoms with Crippen molar-refractivity contribution in [3.8, 4) is 17.2 Å². The molecule has 1 aromatic heterocycles. The van der Waals surface area contributed by atoms with E-state index in [0.717, 1.165) is 73.8 Å². The van der Waals surface area contributed by atoms with Crippen molar-refractivity contribution in [2.45, 2.75) is 45.2 Å². The number of fused-ring (bicyclic) bond motifs is 1. The predicted octanol–water partition coefficient (Wildman–Crippen LogP) is 4.43. The van der Waals surface area contributed by atoms with Gasteiger partial charge in [-0.05, 0) is 64.0 Å². The molecule has 1 saturated heterocycles. The summed E-state index contributed by atoms with van der Waals surface area (Å²) in [7, 11) is 2.12. The summed E-state index contributed by atoms with van der Waals surface area (Å²) in [5.74, 6) is 2.67. The maximum absolute atomic E-state index is 5.96. The first-order chi connectivity index (χ1) is 12.7. The number of likely N-dealkylation sites (tertiary alicyclic amines) is 1. The fourth-order valence-electron chi connectivity index (χ4n) is 3.93. The van der Waals surface area contributed by atoms with Gasteiger partial charge in [-0.1, -0.05) is 0 Å². The number of nitrogens with zero attached hydrogens (tertiary/aromatic N) is 3. The third-order valence-electron chi connectivity index (χ3n) is 5.57. The molecule has 0 bridgehead atoms. The number of aromatic nitrogens is 1. The highest BCUT2D eigenvalue weighted by molar-refractivity contribution is 5.85. The highest BCUT2D eigenvalue weighted by Crippen LogP contribution is 2.27. The molecule has 3 heterocycles. The lowest BCUT2D eigenvalue weighted by Gasteiger charge is -2.20. The van der Waals surface area contributed by atoms with Crippen LogP contribution in [0.3, 0.4) is 0 Å². The van der Waals surface area contributed by atoms with Crippen LogP contribution in [-0.4, -0.2) is 54.1 Å². The second kappa shape index (κ2) is 10.5. The minimum absolute atomic E-state index is 0. The van der Waals surface area contributed by atoms with Gasteiger partial charge in [-0.25, -0.2) is 4.98 Å². The van der Waals surface area contributed by atoms with Gasteiger partial charge in [0.2, 0.25) is 5.89 Å². The van der Waals surface area contributed by atoms with Crippen LogP contribution in [-0.2, 0) is 13.0 Å². The van der Waals surface area contributed by atoms with E-state index in [2.05, 4.69) is 28.8 Å². The maximum Gasteiger partial charge on any atom is 0.226 e. The minimum atomic E-state index is 0. The van der Waals surface area contributed by atoms with Crippen molar-refractivity contribution in [1.29, 1.82) is 0 Å². The Labute approximate surface area is 180 Å². The molecule has 1 atom stereocenters. The third-order valence-corrected chi connectivity index (χ3v) is 5.57. The van der Waals surface area contributed by atoms with Crippen molar-refractivity contribution in [1.82, 2.24) is 14.8 Å². The van der Waals surface area contributed by atoms with Gasteiger partial charge in [0.15, 0.2) is 0 Å². The van der Waals surface area contributed by atoms with E-state index in [4.69, 9.17) is 9.15 Å². The average molecular weight is 428 g/mol. The number of rotatable bonds is 6. The van der Waals surface area contributed by atoms with Gasteiger partial charge in [-0.3, -0.25) is 4.90 Å². The topological polar surface area (TPSA) is 41.7 Å². The number of likely N-dealkylation sites (N-methyl/N-ethyl adjacent to an activating group) is 1. The fourth-order valence-corrected chi connectivity index (χ4v) is 3.93. The number of benzene rings is 1. The van der Waals surface area contributed by atoms with Crippen LogP contribution in [0.2, 0.25) is 0 Å². The van der Waals surface area contributed by atoms with Gasteiger partial charge in [0.1, 0.15) is 11.5 Å². The van der Waals surface area contributed by atoms with E-state index in [-0.39, 0.29) is 24.8 Å². The van der Waals surface area contributed by atoms with Crippen LogP contribution >= 0.6 is 24.8 Å². The predicted molar refractivity (Wildman–Crippen MR) is 117 cm³/mol. The summed E-state index contributed by atoms with van der Waals surface area (Å²) in [6, 6.07) is 8.85.